The molecule has 0 spiro atoms. The molecule has 6 heteroatoms. The highest BCUT2D eigenvalue weighted by molar-refractivity contribution is 5.93. The molecule has 0 bridgehead atoms. The van der Waals surface area contributed by atoms with Gasteiger partial charge in [-0.2, -0.15) is 5.10 Å². The fourth-order valence-corrected chi connectivity index (χ4v) is 2.23. The molecule has 3 N–H and O–H groups in total. The number of nitrogens with one attached hydrogen (secondary N) is 2. The van der Waals surface area contributed by atoms with Gasteiger partial charge >= 0.3 is 0 Å². The minimum absolute atomic E-state index is 0.184. The number of aromatic amines is 1. The number of halogens is 1. The third-order valence-electron chi connectivity index (χ3n) is 3.32. The number of aromatic nitrogens is 2. The van der Waals surface area contributed by atoms with Crippen molar-refractivity contribution in [1.82, 2.24) is 15.5 Å². The largest absolute Gasteiger partial charge is 0.393 e. The van der Waals surface area contributed by atoms with Gasteiger partial charge in [0.1, 0.15) is 11.5 Å². The summed E-state index contributed by atoms with van der Waals surface area (Å²) in [6, 6.07) is 7.54. The molecule has 0 aliphatic rings. The van der Waals surface area contributed by atoms with E-state index in [-0.39, 0.29) is 23.7 Å². The molecule has 0 aliphatic heterocycles. The van der Waals surface area contributed by atoms with Crippen molar-refractivity contribution < 1.29 is 14.3 Å². The van der Waals surface area contributed by atoms with Crippen molar-refractivity contribution >= 4 is 5.91 Å². The molecule has 1 amide bonds. The number of carbonyl (C=O) groups excluding carboxylic acids is 1. The molecule has 0 saturated carbocycles. The van der Waals surface area contributed by atoms with Crippen molar-refractivity contribution in [1.29, 1.82) is 0 Å². The Morgan fingerprint density at radius 1 is 1.36 bits per heavy atom. The highest BCUT2D eigenvalue weighted by atomic mass is 19.1. The molecular weight excluding hydrogens is 285 g/mol. The fraction of sp³-hybridized carbons (Fsp3) is 0.375. The maximum absolute atomic E-state index is 12.9. The zero-order valence-corrected chi connectivity index (χ0v) is 12.6. The summed E-state index contributed by atoms with van der Waals surface area (Å²) in [6.45, 7) is 4.17. The first-order valence-electron chi connectivity index (χ1n) is 7.23. The number of aliphatic hydroxyl groups is 1. The van der Waals surface area contributed by atoms with E-state index in [9.17, 15) is 14.3 Å². The molecule has 1 aromatic heterocycles. The minimum atomic E-state index is -0.385. The summed E-state index contributed by atoms with van der Waals surface area (Å²) in [7, 11) is 0. The predicted octanol–water partition coefficient (Wildman–Crippen LogP) is 2.35. The quantitative estimate of drug-likeness (QED) is 0.766. The number of carbonyl (C=O) groups is 1. The number of nitrogens with zero attached hydrogens (tertiary/aromatic N) is 1. The first-order valence-corrected chi connectivity index (χ1v) is 7.23. The first-order chi connectivity index (χ1) is 10.5. The normalized spacial score (nSPS) is 13.6. The van der Waals surface area contributed by atoms with E-state index >= 15 is 0 Å². The van der Waals surface area contributed by atoms with Crippen LogP contribution in [0.2, 0.25) is 0 Å². The number of aliphatic hydroxyl groups excluding tert-OH is 1. The molecule has 0 fully saturated rings. The second kappa shape index (κ2) is 7.17. The number of hydrogen-bond donors (Lipinski definition) is 3. The molecule has 1 aromatic carbocycles. The SMILES string of the molecule is CC(O)CC(C)CNC(=O)c1cc(-c2ccc(F)cc2)n[nH]1. The highest BCUT2D eigenvalue weighted by Gasteiger charge is 2.13. The van der Waals surface area contributed by atoms with Gasteiger partial charge in [-0.05, 0) is 49.6 Å². The van der Waals surface area contributed by atoms with Crippen LogP contribution in [0.1, 0.15) is 30.8 Å². The van der Waals surface area contributed by atoms with E-state index in [4.69, 9.17) is 0 Å². The van der Waals surface area contributed by atoms with Gasteiger partial charge in [-0.15, -0.1) is 0 Å². The molecule has 2 atom stereocenters. The van der Waals surface area contributed by atoms with Crippen molar-refractivity contribution in [2.45, 2.75) is 26.4 Å². The van der Waals surface area contributed by atoms with Crippen LogP contribution in [0.25, 0.3) is 11.3 Å². The average Bonchev–Trinajstić information content (AvgIpc) is 2.94. The molecule has 0 aliphatic carbocycles. The monoisotopic (exact) mass is 305 g/mol. The Morgan fingerprint density at radius 3 is 2.68 bits per heavy atom. The van der Waals surface area contributed by atoms with E-state index in [0.717, 1.165) is 5.56 Å². The van der Waals surface area contributed by atoms with E-state index in [1.807, 2.05) is 6.92 Å². The molecular formula is C16H20FN3O2. The summed E-state index contributed by atoms with van der Waals surface area (Å²) >= 11 is 0. The smallest absolute Gasteiger partial charge is 0.269 e. The fourth-order valence-electron chi connectivity index (χ4n) is 2.23. The maximum atomic E-state index is 12.9. The van der Waals surface area contributed by atoms with Crippen molar-refractivity contribution in [3.05, 3.63) is 41.8 Å². The van der Waals surface area contributed by atoms with Gasteiger partial charge in [0, 0.05) is 12.1 Å². The maximum Gasteiger partial charge on any atom is 0.269 e. The van der Waals surface area contributed by atoms with Gasteiger partial charge in [0.05, 0.1) is 11.8 Å². The van der Waals surface area contributed by atoms with Gasteiger partial charge < -0.3 is 10.4 Å². The summed E-state index contributed by atoms with van der Waals surface area (Å²) in [5.74, 6) is -0.383. The summed E-state index contributed by atoms with van der Waals surface area (Å²) in [6.07, 6.45) is 0.244. The van der Waals surface area contributed by atoms with Gasteiger partial charge in [0.15, 0.2) is 0 Å². The Balaban J connectivity index is 1.96. The second-order valence-electron chi connectivity index (χ2n) is 5.57. The molecule has 1 heterocycles. The zero-order chi connectivity index (χ0) is 16.1. The van der Waals surface area contributed by atoms with Crippen LogP contribution in [0.3, 0.4) is 0 Å². The Labute approximate surface area is 128 Å². The van der Waals surface area contributed by atoms with Crippen molar-refractivity contribution in [2.24, 2.45) is 5.92 Å². The van der Waals surface area contributed by atoms with Crippen molar-refractivity contribution in [2.75, 3.05) is 6.54 Å². The van der Waals surface area contributed by atoms with Crippen molar-refractivity contribution in [3.63, 3.8) is 0 Å². The van der Waals surface area contributed by atoms with Crippen LogP contribution in [0.5, 0.6) is 0 Å². The lowest BCUT2D eigenvalue weighted by Crippen LogP contribution is -2.29. The van der Waals surface area contributed by atoms with E-state index < -0.39 is 0 Å². The Morgan fingerprint density at radius 2 is 2.05 bits per heavy atom. The summed E-state index contributed by atoms with van der Waals surface area (Å²) < 4.78 is 12.9. The molecule has 2 unspecified atom stereocenters. The van der Waals surface area contributed by atoms with Gasteiger partial charge in [-0.25, -0.2) is 4.39 Å². The topological polar surface area (TPSA) is 78.0 Å². The summed E-state index contributed by atoms with van der Waals surface area (Å²) in [5, 5.41) is 18.8. The molecule has 5 nitrogen and oxygen atoms in total. The van der Waals surface area contributed by atoms with E-state index in [0.29, 0.717) is 24.4 Å². The molecule has 2 rings (SSSR count). The van der Waals surface area contributed by atoms with Gasteiger partial charge in [0.25, 0.3) is 5.91 Å². The van der Waals surface area contributed by atoms with Crippen LogP contribution in [-0.4, -0.2) is 33.9 Å². The third kappa shape index (κ3) is 4.39. The average molecular weight is 305 g/mol. The van der Waals surface area contributed by atoms with E-state index in [1.54, 1.807) is 25.1 Å². The summed E-state index contributed by atoms with van der Waals surface area (Å²) in [5.41, 5.74) is 1.67. The van der Waals surface area contributed by atoms with Gasteiger partial charge in [-0.1, -0.05) is 6.92 Å². The van der Waals surface area contributed by atoms with Crippen LogP contribution >= 0.6 is 0 Å². The van der Waals surface area contributed by atoms with Crippen LogP contribution in [0.4, 0.5) is 4.39 Å². The third-order valence-corrected chi connectivity index (χ3v) is 3.32. The van der Waals surface area contributed by atoms with E-state index in [1.165, 1.54) is 12.1 Å². The number of benzene rings is 1. The number of hydrogen-bond acceptors (Lipinski definition) is 3. The standard InChI is InChI=1S/C16H20FN3O2/c1-10(7-11(2)21)9-18-16(22)15-8-14(19-20-15)12-3-5-13(17)6-4-12/h3-6,8,10-11,21H,7,9H2,1-2H3,(H,18,22)(H,19,20). The predicted molar refractivity (Wildman–Crippen MR) is 81.8 cm³/mol. The molecule has 2 aromatic rings. The second-order valence-corrected chi connectivity index (χ2v) is 5.57. The lowest BCUT2D eigenvalue weighted by molar-refractivity contribution is 0.0934. The van der Waals surface area contributed by atoms with Gasteiger partial charge in [0.2, 0.25) is 0 Å². The van der Waals surface area contributed by atoms with Crippen LogP contribution in [-0.2, 0) is 0 Å². The van der Waals surface area contributed by atoms with Crippen molar-refractivity contribution in [3.8, 4) is 11.3 Å². The lowest BCUT2D eigenvalue weighted by Gasteiger charge is -2.13. The summed E-state index contributed by atoms with van der Waals surface area (Å²) in [4.78, 5) is 12.0. The molecule has 0 saturated heterocycles. The Bertz CT molecular complexity index is 623. The number of rotatable bonds is 6. The Hall–Kier alpha value is -2.21. The highest BCUT2D eigenvalue weighted by Crippen LogP contribution is 2.18. The zero-order valence-electron chi connectivity index (χ0n) is 12.6. The first kappa shape index (κ1) is 16.2. The minimum Gasteiger partial charge on any atom is -0.393 e. The van der Waals surface area contributed by atoms with Gasteiger partial charge in [-0.3, -0.25) is 9.89 Å². The van der Waals surface area contributed by atoms with Crippen LogP contribution in [0.15, 0.2) is 30.3 Å². The molecule has 22 heavy (non-hydrogen) atoms. The number of H-pyrrole nitrogens is 1. The molecule has 0 radical (unpaired) electrons. The number of amides is 1. The van der Waals surface area contributed by atoms with E-state index in [2.05, 4.69) is 15.5 Å². The Kier molecular flexibility index (Phi) is 5.27. The van der Waals surface area contributed by atoms with Crippen LogP contribution < -0.4 is 5.32 Å². The lowest BCUT2D eigenvalue weighted by atomic mass is 10.0. The van der Waals surface area contributed by atoms with Crippen LogP contribution in [0, 0.1) is 11.7 Å². The molecule has 118 valence electrons.